The van der Waals surface area contributed by atoms with Crippen molar-refractivity contribution in [1.29, 1.82) is 0 Å². The Morgan fingerprint density at radius 2 is 1.21 bits per heavy atom. The molecule has 6 rings (SSSR count). The molecule has 4 fully saturated rings. The van der Waals surface area contributed by atoms with Gasteiger partial charge in [0, 0.05) is 5.41 Å². The molecule has 0 saturated heterocycles. The summed E-state index contributed by atoms with van der Waals surface area (Å²) in [5.41, 5.74) is 4.42. The number of rotatable bonds is 8. The normalized spacial score (nSPS) is 33.5. The van der Waals surface area contributed by atoms with Crippen LogP contribution in [0.15, 0.2) is 73.3 Å². The highest BCUT2D eigenvalue weighted by Gasteiger charge is 2.62. The summed E-state index contributed by atoms with van der Waals surface area (Å²) in [4.78, 5) is 0. The van der Waals surface area contributed by atoms with Crippen molar-refractivity contribution < 1.29 is 0 Å². The van der Waals surface area contributed by atoms with Crippen LogP contribution >= 0.6 is 0 Å². The smallest absolute Gasteiger partial charge is 0.0508 e. The summed E-state index contributed by atoms with van der Waals surface area (Å²) in [6, 6.07) is 25.5. The molecule has 0 spiro atoms. The van der Waals surface area contributed by atoms with Gasteiger partial charge in [0.2, 0.25) is 0 Å². The molecule has 1 heteroatoms. The third-order valence-corrected chi connectivity index (χ3v) is 16.7. The maximum absolute atomic E-state index is 4.08. The fourth-order valence-electron chi connectivity index (χ4n) is 10.8. The van der Waals surface area contributed by atoms with Crippen LogP contribution in [-0.2, 0) is 5.41 Å². The van der Waals surface area contributed by atoms with Gasteiger partial charge in [0.25, 0.3) is 0 Å². The molecule has 0 bridgehead atoms. The molecule has 0 heterocycles. The first kappa shape index (κ1) is 26.6. The third-order valence-electron chi connectivity index (χ3n) is 12.4. The molecule has 0 radical (unpaired) electrons. The van der Waals surface area contributed by atoms with Crippen LogP contribution < -0.4 is 0 Å². The van der Waals surface area contributed by atoms with E-state index in [2.05, 4.69) is 86.4 Å². The van der Waals surface area contributed by atoms with E-state index in [1.807, 2.05) is 0 Å². The highest BCUT2D eigenvalue weighted by atomic mass is 28.3. The molecule has 204 valence electrons. The number of benzene rings is 2. The standard InChI is InChI=1S/C37H52Si/c1-4-5-26-38(2,3)31-25-24-30(27-31)37(28-16-8-6-9-17-28,29-18-10-7-11-19-29)36-34-22-14-12-20-32(34)33-21-13-15-23-35(33)36/h4,6-11,16-19,30-36H,1,5,12-15,20-27H2,2-3H3. The lowest BCUT2D eigenvalue weighted by atomic mass is 9.52. The summed E-state index contributed by atoms with van der Waals surface area (Å²) >= 11 is 0. The van der Waals surface area contributed by atoms with E-state index in [1.165, 1.54) is 83.1 Å². The van der Waals surface area contributed by atoms with Crippen LogP contribution in [0.4, 0.5) is 0 Å². The molecule has 0 aliphatic heterocycles. The Kier molecular flexibility index (Phi) is 7.78. The maximum atomic E-state index is 4.08. The summed E-state index contributed by atoms with van der Waals surface area (Å²) in [6.07, 6.45) is 19.6. The fourth-order valence-corrected chi connectivity index (χ4v) is 14.1. The van der Waals surface area contributed by atoms with Crippen molar-refractivity contribution in [3.8, 4) is 0 Å². The molecule has 38 heavy (non-hydrogen) atoms. The lowest BCUT2D eigenvalue weighted by Gasteiger charge is -2.51. The van der Waals surface area contributed by atoms with E-state index in [4.69, 9.17) is 0 Å². The van der Waals surface area contributed by atoms with Crippen molar-refractivity contribution in [2.45, 2.75) is 107 Å². The predicted octanol–water partition coefficient (Wildman–Crippen LogP) is 10.7. The Morgan fingerprint density at radius 3 is 1.71 bits per heavy atom. The van der Waals surface area contributed by atoms with Crippen molar-refractivity contribution >= 4 is 8.07 Å². The zero-order valence-electron chi connectivity index (χ0n) is 24.3. The molecule has 0 amide bonds. The molecule has 0 aromatic heterocycles. The lowest BCUT2D eigenvalue weighted by Crippen LogP contribution is -2.48. The first-order chi connectivity index (χ1) is 18.6. The lowest BCUT2D eigenvalue weighted by molar-refractivity contribution is 0.0964. The van der Waals surface area contributed by atoms with Crippen LogP contribution in [0.3, 0.4) is 0 Å². The number of fused-ring (bicyclic) bond motifs is 3. The zero-order valence-corrected chi connectivity index (χ0v) is 25.3. The second kappa shape index (κ2) is 11.1. The van der Waals surface area contributed by atoms with E-state index < -0.39 is 8.07 Å². The highest BCUT2D eigenvalue weighted by Crippen LogP contribution is 2.67. The molecule has 4 aliphatic carbocycles. The second-order valence-electron chi connectivity index (χ2n) is 14.4. The largest absolute Gasteiger partial charge is 0.103 e. The Hall–Kier alpha value is -1.60. The van der Waals surface area contributed by atoms with Gasteiger partial charge < -0.3 is 0 Å². The molecule has 6 unspecified atom stereocenters. The summed E-state index contributed by atoms with van der Waals surface area (Å²) in [6.45, 7) is 9.46. The van der Waals surface area contributed by atoms with Crippen LogP contribution in [0.25, 0.3) is 0 Å². The minimum atomic E-state index is -1.29. The average Bonchev–Trinajstić information content (AvgIpc) is 3.59. The Balaban J connectivity index is 1.51. The van der Waals surface area contributed by atoms with E-state index in [-0.39, 0.29) is 5.41 Å². The topological polar surface area (TPSA) is 0 Å². The summed E-state index contributed by atoms with van der Waals surface area (Å²) in [5, 5.41) is 0. The number of hydrogen-bond donors (Lipinski definition) is 0. The third kappa shape index (κ3) is 4.49. The van der Waals surface area contributed by atoms with Crippen molar-refractivity contribution in [2.75, 3.05) is 0 Å². The summed E-state index contributed by atoms with van der Waals surface area (Å²) in [7, 11) is -1.29. The van der Waals surface area contributed by atoms with Gasteiger partial charge in [0.05, 0.1) is 8.07 Å². The predicted molar refractivity (Wildman–Crippen MR) is 166 cm³/mol. The van der Waals surface area contributed by atoms with Crippen LogP contribution in [0.1, 0.15) is 88.2 Å². The van der Waals surface area contributed by atoms with Crippen molar-refractivity contribution in [3.05, 3.63) is 84.4 Å². The van der Waals surface area contributed by atoms with E-state index >= 15 is 0 Å². The first-order valence-electron chi connectivity index (χ1n) is 16.3. The van der Waals surface area contributed by atoms with Gasteiger partial charge in [-0.1, -0.05) is 118 Å². The monoisotopic (exact) mass is 524 g/mol. The molecule has 6 atom stereocenters. The van der Waals surface area contributed by atoms with Crippen LogP contribution in [0, 0.1) is 35.5 Å². The van der Waals surface area contributed by atoms with Gasteiger partial charge in [-0.2, -0.15) is 0 Å². The van der Waals surface area contributed by atoms with Gasteiger partial charge in [0.15, 0.2) is 0 Å². The maximum Gasteiger partial charge on any atom is 0.0508 e. The van der Waals surface area contributed by atoms with Crippen molar-refractivity contribution in [3.63, 3.8) is 0 Å². The van der Waals surface area contributed by atoms with Crippen LogP contribution in [0.5, 0.6) is 0 Å². The summed E-state index contributed by atoms with van der Waals surface area (Å²) < 4.78 is 0. The van der Waals surface area contributed by atoms with Gasteiger partial charge in [0.1, 0.15) is 0 Å². The van der Waals surface area contributed by atoms with E-state index in [0.717, 1.165) is 41.0 Å². The van der Waals surface area contributed by atoms with Gasteiger partial charge >= 0.3 is 0 Å². The zero-order chi connectivity index (χ0) is 26.2. The molecule has 4 aliphatic rings. The van der Waals surface area contributed by atoms with E-state index in [9.17, 15) is 0 Å². The van der Waals surface area contributed by atoms with Crippen LogP contribution in [-0.4, -0.2) is 8.07 Å². The highest BCUT2D eigenvalue weighted by molar-refractivity contribution is 6.78. The average molecular weight is 525 g/mol. The molecule has 4 saturated carbocycles. The van der Waals surface area contributed by atoms with Crippen LogP contribution in [0.2, 0.25) is 24.7 Å². The molecule has 0 nitrogen and oxygen atoms in total. The Labute approximate surface area is 234 Å². The van der Waals surface area contributed by atoms with Crippen molar-refractivity contribution in [1.82, 2.24) is 0 Å². The summed E-state index contributed by atoms with van der Waals surface area (Å²) in [5.74, 6) is 5.39. The quantitative estimate of drug-likeness (QED) is 0.238. The molecular formula is C37H52Si. The molecule has 0 N–H and O–H groups in total. The van der Waals surface area contributed by atoms with E-state index in [0.29, 0.717) is 0 Å². The molecular weight excluding hydrogens is 472 g/mol. The Bertz CT molecular complexity index is 993. The fraction of sp³-hybridized carbons (Fsp3) is 0.622. The SMILES string of the molecule is C=CCC[Si](C)(C)C1CCC(C(c2ccccc2)(c2ccccc2)C2C3CCCCC3C3CCCCC32)C1. The van der Waals surface area contributed by atoms with Gasteiger partial charge in [-0.3, -0.25) is 0 Å². The van der Waals surface area contributed by atoms with E-state index in [1.54, 1.807) is 11.1 Å². The molecule has 2 aromatic rings. The minimum Gasteiger partial charge on any atom is -0.103 e. The minimum absolute atomic E-state index is 0.164. The number of hydrogen-bond acceptors (Lipinski definition) is 0. The van der Waals surface area contributed by atoms with Crippen molar-refractivity contribution in [2.24, 2.45) is 35.5 Å². The molecule has 2 aromatic carbocycles. The van der Waals surface area contributed by atoms with Gasteiger partial charge in [-0.15, -0.1) is 6.58 Å². The first-order valence-corrected chi connectivity index (χ1v) is 19.6. The second-order valence-corrected chi connectivity index (χ2v) is 19.7. The van der Waals surface area contributed by atoms with Gasteiger partial charge in [-0.25, -0.2) is 0 Å². The number of allylic oxidation sites excluding steroid dienone is 1. The van der Waals surface area contributed by atoms with Gasteiger partial charge in [-0.05, 0) is 97.1 Å². The Morgan fingerprint density at radius 1 is 0.711 bits per heavy atom.